The van der Waals surface area contributed by atoms with E-state index in [0.29, 0.717) is 12.0 Å². The number of nitrogens with zero attached hydrogens (tertiary/aromatic N) is 2. The molecule has 0 amide bonds. The van der Waals surface area contributed by atoms with Gasteiger partial charge in [-0.1, -0.05) is 147 Å². The molecule has 0 bridgehead atoms. The van der Waals surface area contributed by atoms with Crippen LogP contribution in [0.5, 0.6) is 0 Å². The number of benzene rings is 1. The number of hydrogen-bond acceptors (Lipinski definition) is 1. The Balaban J connectivity index is 1.65. The van der Waals surface area contributed by atoms with Crippen molar-refractivity contribution in [3.63, 3.8) is 0 Å². The molecule has 1 heterocycles. The molecule has 192 valence electrons. The molecule has 0 saturated carbocycles. The van der Waals surface area contributed by atoms with E-state index in [9.17, 15) is 0 Å². The molecule has 2 aromatic rings. The van der Waals surface area contributed by atoms with Crippen LogP contribution in [0.3, 0.4) is 0 Å². The minimum Gasteiger partial charge on any atom is -0.334 e. The lowest BCUT2D eigenvalue weighted by Crippen LogP contribution is -2.21. The summed E-state index contributed by atoms with van der Waals surface area (Å²) in [5, 5.41) is 0. The van der Waals surface area contributed by atoms with Crippen molar-refractivity contribution in [3.8, 4) is 0 Å². The van der Waals surface area contributed by atoms with Gasteiger partial charge in [-0.25, -0.2) is 4.98 Å². The predicted molar refractivity (Wildman–Crippen MR) is 149 cm³/mol. The Morgan fingerprint density at radius 2 is 1.21 bits per heavy atom. The quantitative estimate of drug-likeness (QED) is 0.158. The van der Waals surface area contributed by atoms with Gasteiger partial charge in [0.1, 0.15) is 0 Å². The molecule has 2 nitrogen and oxygen atoms in total. The number of imidazole rings is 1. The molecule has 0 fully saturated rings. The second kappa shape index (κ2) is 19.7. The molecule has 0 saturated heterocycles. The van der Waals surface area contributed by atoms with Gasteiger partial charge in [-0.3, -0.25) is 0 Å². The topological polar surface area (TPSA) is 17.8 Å². The molecule has 0 N–H and O–H groups in total. The third-order valence-electron chi connectivity index (χ3n) is 7.57. The van der Waals surface area contributed by atoms with Crippen LogP contribution in [0.15, 0.2) is 49.1 Å². The van der Waals surface area contributed by atoms with Gasteiger partial charge >= 0.3 is 0 Å². The fraction of sp³-hybridized carbons (Fsp3) is 0.719. The molecule has 0 spiro atoms. The lowest BCUT2D eigenvalue weighted by Gasteiger charge is -2.29. The van der Waals surface area contributed by atoms with E-state index >= 15 is 0 Å². The van der Waals surface area contributed by atoms with E-state index in [-0.39, 0.29) is 0 Å². The number of rotatable bonds is 22. The second-order valence-corrected chi connectivity index (χ2v) is 10.6. The van der Waals surface area contributed by atoms with E-state index in [4.69, 9.17) is 0 Å². The molecule has 2 heteroatoms. The van der Waals surface area contributed by atoms with Gasteiger partial charge in [0, 0.05) is 18.4 Å². The van der Waals surface area contributed by atoms with Crippen molar-refractivity contribution >= 4 is 0 Å². The standard InChI is InChI=1S/C32H54N2/c1-3-5-7-8-9-10-11-12-13-14-15-16-17-21-25-32(34-27-26-33-29-34)31(24-6-4-2)28-30-22-19-18-20-23-30/h18-20,22-23,26-27,29,31-32H,3-17,21,24-25,28H2,1-2H3. The van der Waals surface area contributed by atoms with Crippen molar-refractivity contribution in [2.75, 3.05) is 0 Å². The first-order chi connectivity index (χ1) is 16.8. The first-order valence-electron chi connectivity index (χ1n) is 14.9. The summed E-state index contributed by atoms with van der Waals surface area (Å²) in [4.78, 5) is 4.39. The van der Waals surface area contributed by atoms with Crippen LogP contribution >= 0.6 is 0 Å². The van der Waals surface area contributed by atoms with E-state index in [1.54, 1.807) is 0 Å². The second-order valence-electron chi connectivity index (χ2n) is 10.6. The van der Waals surface area contributed by atoms with Gasteiger partial charge in [0.15, 0.2) is 0 Å². The monoisotopic (exact) mass is 466 g/mol. The molecule has 1 aromatic carbocycles. The highest BCUT2D eigenvalue weighted by Crippen LogP contribution is 2.32. The zero-order valence-corrected chi connectivity index (χ0v) is 22.6. The summed E-state index contributed by atoms with van der Waals surface area (Å²) in [5.41, 5.74) is 1.48. The van der Waals surface area contributed by atoms with Crippen LogP contribution in [0.25, 0.3) is 0 Å². The van der Waals surface area contributed by atoms with Gasteiger partial charge in [-0.05, 0) is 30.7 Å². The van der Waals surface area contributed by atoms with Crippen molar-refractivity contribution in [1.82, 2.24) is 9.55 Å². The summed E-state index contributed by atoms with van der Waals surface area (Å²) in [7, 11) is 0. The fourth-order valence-corrected chi connectivity index (χ4v) is 5.46. The van der Waals surface area contributed by atoms with Crippen molar-refractivity contribution in [2.24, 2.45) is 5.92 Å². The minimum absolute atomic E-state index is 0.576. The van der Waals surface area contributed by atoms with Crippen molar-refractivity contribution < 1.29 is 0 Å². The predicted octanol–water partition coefficient (Wildman–Crippen LogP) is 10.3. The number of aromatic nitrogens is 2. The average Bonchev–Trinajstić information content (AvgIpc) is 3.40. The summed E-state index contributed by atoms with van der Waals surface area (Å²) in [6.45, 7) is 4.62. The molecular weight excluding hydrogens is 412 g/mol. The lowest BCUT2D eigenvalue weighted by atomic mass is 9.85. The molecule has 2 unspecified atom stereocenters. The maximum Gasteiger partial charge on any atom is 0.0948 e. The van der Waals surface area contributed by atoms with Crippen LogP contribution in [0.1, 0.15) is 141 Å². The van der Waals surface area contributed by atoms with Crippen molar-refractivity contribution in [2.45, 2.75) is 142 Å². The van der Waals surface area contributed by atoms with Crippen molar-refractivity contribution in [1.29, 1.82) is 0 Å². The summed E-state index contributed by atoms with van der Waals surface area (Å²) < 4.78 is 2.41. The lowest BCUT2D eigenvalue weighted by molar-refractivity contribution is 0.277. The van der Waals surface area contributed by atoms with Crippen LogP contribution < -0.4 is 0 Å². The van der Waals surface area contributed by atoms with E-state index in [0.717, 1.165) is 0 Å². The zero-order chi connectivity index (χ0) is 24.1. The summed E-state index contributed by atoms with van der Waals surface area (Å²) >= 11 is 0. The van der Waals surface area contributed by atoms with Gasteiger partial charge < -0.3 is 4.57 Å². The summed E-state index contributed by atoms with van der Waals surface area (Å²) in [6, 6.07) is 11.7. The number of unbranched alkanes of at least 4 members (excludes halogenated alkanes) is 14. The zero-order valence-electron chi connectivity index (χ0n) is 22.6. The third-order valence-corrected chi connectivity index (χ3v) is 7.57. The van der Waals surface area contributed by atoms with E-state index in [1.807, 2.05) is 6.20 Å². The Morgan fingerprint density at radius 1 is 0.647 bits per heavy atom. The van der Waals surface area contributed by atoms with Crippen molar-refractivity contribution in [3.05, 3.63) is 54.6 Å². The Hall–Kier alpha value is -1.57. The van der Waals surface area contributed by atoms with Crippen LogP contribution in [0.2, 0.25) is 0 Å². The molecule has 2 atom stereocenters. The Labute approximate surface area is 212 Å². The van der Waals surface area contributed by atoms with Gasteiger partial charge in [-0.15, -0.1) is 0 Å². The maximum absolute atomic E-state index is 4.39. The molecular formula is C32H54N2. The largest absolute Gasteiger partial charge is 0.334 e. The fourth-order valence-electron chi connectivity index (χ4n) is 5.46. The Morgan fingerprint density at radius 3 is 1.74 bits per heavy atom. The molecule has 0 aliphatic rings. The first kappa shape index (κ1) is 28.7. The molecule has 2 rings (SSSR count). The average molecular weight is 467 g/mol. The SMILES string of the molecule is CCCCCCCCCCCCCCCCC(C(CCCC)Cc1ccccc1)n1ccnc1. The molecule has 1 aromatic heterocycles. The Kier molecular flexibility index (Phi) is 16.6. The third kappa shape index (κ3) is 12.8. The molecule has 0 radical (unpaired) electrons. The number of hydrogen-bond donors (Lipinski definition) is 0. The highest BCUT2D eigenvalue weighted by Gasteiger charge is 2.22. The highest BCUT2D eigenvalue weighted by molar-refractivity contribution is 5.15. The smallest absolute Gasteiger partial charge is 0.0948 e. The van der Waals surface area contributed by atoms with Gasteiger partial charge in [0.05, 0.1) is 6.33 Å². The molecule has 34 heavy (non-hydrogen) atoms. The maximum atomic E-state index is 4.39. The Bertz CT molecular complexity index is 664. The van der Waals surface area contributed by atoms with Crippen LogP contribution in [0.4, 0.5) is 0 Å². The van der Waals surface area contributed by atoms with Crippen LogP contribution in [-0.2, 0) is 6.42 Å². The highest BCUT2D eigenvalue weighted by atomic mass is 15.1. The van der Waals surface area contributed by atoms with Gasteiger partial charge in [0.2, 0.25) is 0 Å². The minimum atomic E-state index is 0.576. The molecule has 0 aliphatic heterocycles. The van der Waals surface area contributed by atoms with E-state index in [2.05, 4.69) is 66.3 Å². The summed E-state index contributed by atoms with van der Waals surface area (Å²) in [6.07, 6.45) is 32.6. The first-order valence-corrected chi connectivity index (χ1v) is 14.9. The summed E-state index contributed by atoms with van der Waals surface area (Å²) in [5.74, 6) is 0.693. The normalized spacial score (nSPS) is 13.2. The van der Waals surface area contributed by atoms with Gasteiger partial charge in [-0.2, -0.15) is 0 Å². The van der Waals surface area contributed by atoms with Crippen LogP contribution in [-0.4, -0.2) is 9.55 Å². The van der Waals surface area contributed by atoms with E-state index in [1.165, 1.54) is 128 Å². The van der Waals surface area contributed by atoms with E-state index < -0.39 is 0 Å². The van der Waals surface area contributed by atoms with Crippen LogP contribution in [0, 0.1) is 5.92 Å². The molecule has 0 aliphatic carbocycles. The van der Waals surface area contributed by atoms with Gasteiger partial charge in [0.25, 0.3) is 0 Å².